The minimum absolute atomic E-state index is 0.0710. The summed E-state index contributed by atoms with van der Waals surface area (Å²) in [5, 5.41) is 0. The topological polar surface area (TPSA) is 81.4 Å². The molecule has 0 radical (unpaired) electrons. The summed E-state index contributed by atoms with van der Waals surface area (Å²) in [4.78, 5) is 0.228. The van der Waals surface area contributed by atoms with Crippen molar-refractivity contribution in [3.05, 3.63) is 22.2 Å². The van der Waals surface area contributed by atoms with Crippen molar-refractivity contribution < 1.29 is 13.2 Å². The first-order valence-corrected chi connectivity index (χ1v) is 8.33. The Bertz CT molecular complexity index is 569. The van der Waals surface area contributed by atoms with E-state index in [1.54, 1.807) is 19.1 Å². The average Bonchev–Trinajstić information content (AvgIpc) is 2.34. The summed E-state index contributed by atoms with van der Waals surface area (Å²) in [6.07, 6.45) is 1.39. The molecule has 106 valence electrons. The molecule has 7 heteroatoms. The standard InChI is InChI=1S/C12H17BrN2O3S/c1-8-11(14)6-9(13)7-12(8)19(16,17)15-10-2-4-18-5-3-10/h6-7,10,15H,2-5,14H2,1H3. The third kappa shape index (κ3) is 3.47. The summed E-state index contributed by atoms with van der Waals surface area (Å²) in [6.45, 7) is 2.89. The van der Waals surface area contributed by atoms with Crippen LogP contribution in [-0.4, -0.2) is 27.7 Å². The molecule has 0 atom stereocenters. The van der Waals surface area contributed by atoms with E-state index in [2.05, 4.69) is 20.7 Å². The Morgan fingerprint density at radius 2 is 2.00 bits per heavy atom. The van der Waals surface area contributed by atoms with E-state index in [4.69, 9.17) is 10.5 Å². The maximum absolute atomic E-state index is 12.4. The smallest absolute Gasteiger partial charge is 0.241 e. The van der Waals surface area contributed by atoms with Gasteiger partial charge in [-0.1, -0.05) is 15.9 Å². The van der Waals surface area contributed by atoms with Gasteiger partial charge in [0.15, 0.2) is 0 Å². The molecule has 2 rings (SSSR count). The molecular formula is C12H17BrN2O3S. The molecule has 1 heterocycles. The average molecular weight is 349 g/mol. The van der Waals surface area contributed by atoms with E-state index in [0.29, 0.717) is 41.8 Å². The number of ether oxygens (including phenoxy) is 1. The van der Waals surface area contributed by atoms with Gasteiger partial charge in [-0.3, -0.25) is 0 Å². The van der Waals surface area contributed by atoms with Gasteiger partial charge in [0.2, 0.25) is 10.0 Å². The zero-order chi connectivity index (χ0) is 14.0. The Labute approximate surface area is 121 Å². The van der Waals surface area contributed by atoms with Gasteiger partial charge in [-0.05, 0) is 37.5 Å². The molecule has 3 N–H and O–H groups in total. The van der Waals surface area contributed by atoms with Crippen LogP contribution in [0, 0.1) is 6.92 Å². The van der Waals surface area contributed by atoms with Gasteiger partial charge in [0.1, 0.15) is 0 Å². The number of nitrogens with two attached hydrogens (primary N) is 1. The predicted octanol–water partition coefficient (Wildman–Crippen LogP) is 1.80. The SMILES string of the molecule is Cc1c(N)cc(Br)cc1S(=O)(=O)NC1CCOCC1. The summed E-state index contributed by atoms with van der Waals surface area (Å²) >= 11 is 3.27. The molecule has 19 heavy (non-hydrogen) atoms. The normalized spacial score (nSPS) is 17.6. The van der Waals surface area contributed by atoms with E-state index in [1.165, 1.54) is 0 Å². The van der Waals surface area contributed by atoms with Crippen molar-refractivity contribution in [1.82, 2.24) is 4.72 Å². The molecule has 0 saturated carbocycles. The lowest BCUT2D eigenvalue weighted by Crippen LogP contribution is -2.39. The summed E-state index contributed by atoms with van der Waals surface area (Å²) in [5.41, 5.74) is 6.84. The molecule has 1 fully saturated rings. The summed E-state index contributed by atoms with van der Waals surface area (Å²) in [5.74, 6) is 0. The van der Waals surface area contributed by atoms with E-state index < -0.39 is 10.0 Å². The molecule has 0 amide bonds. The number of benzene rings is 1. The Hall–Kier alpha value is -0.630. The quantitative estimate of drug-likeness (QED) is 0.816. The first-order valence-electron chi connectivity index (χ1n) is 6.06. The molecule has 1 aliphatic heterocycles. The first kappa shape index (κ1) is 14.8. The molecule has 0 unspecified atom stereocenters. The number of hydrogen-bond acceptors (Lipinski definition) is 4. The number of nitrogens with one attached hydrogen (secondary N) is 1. The third-order valence-electron chi connectivity index (χ3n) is 3.20. The molecule has 1 aliphatic rings. The molecule has 5 nitrogen and oxygen atoms in total. The number of rotatable bonds is 3. The van der Waals surface area contributed by atoms with Crippen molar-refractivity contribution in [2.24, 2.45) is 0 Å². The van der Waals surface area contributed by atoms with Crippen LogP contribution < -0.4 is 10.5 Å². The van der Waals surface area contributed by atoms with Crippen LogP contribution in [0.5, 0.6) is 0 Å². The number of halogens is 1. The van der Waals surface area contributed by atoms with Gasteiger partial charge in [-0.25, -0.2) is 13.1 Å². The highest BCUT2D eigenvalue weighted by Crippen LogP contribution is 2.26. The van der Waals surface area contributed by atoms with Crippen LogP contribution >= 0.6 is 15.9 Å². The van der Waals surface area contributed by atoms with Crippen LogP contribution in [-0.2, 0) is 14.8 Å². The lowest BCUT2D eigenvalue weighted by Gasteiger charge is -2.23. The third-order valence-corrected chi connectivity index (χ3v) is 5.30. The Morgan fingerprint density at radius 3 is 2.63 bits per heavy atom. The van der Waals surface area contributed by atoms with Crippen molar-refractivity contribution in [1.29, 1.82) is 0 Å². The van der Waals surface area contributed by atoms with Gasteiger partial charge in [0, 0.05) is 29.4 Å². The minimum atomic E-state index is -3.55. The number of nitrogen functional groups attached to an aromatic ring is 1. The van der Waals surface area contributed by atoms with Crippen LogP contribution in [0.2, 0.25) is 0 Å². The predicted molar refractivity (Wildman–Crippen MR) is 77.5 cm³/mol. The molecule has 0 spiro atoms. The van der Waals surface area contributed by atoms with Crippen LogP contribution in [0.4, 0.5) is 5.69 Å². The molecule has 0 aliphatic carbocycles. The second-order valence-electron chi connectivity index (χ2n) is 4.63. The fourth-order valence-electron chi connectivity index (χ4n) is 2.05. The van der Waals surface area contributed by atoms with Gasteiger partial charge < -0.3 is 10.5 Å². The van der Waals surface area contributed by atoms with Crippen molar-refractivity contribution in [2.75, 3.05) is 18.9 Å². The largest absolute Gasteiger partial charge is 0.398 e. The second-order valence-corrected chi connectivity index (χ2v) is 7.22. The fourth-order valence-corrected chi connectivity index (χ4v) is 4.28. The number of hydrogen-bond donors (Lipinski definition) is 2. The summed E-state index contributed by atoms with van der Waals surface area (Å²) < 4.78 is 33.4. The lowest BCUT2D eigenvalue weighted by molar-refractivity contribution is 0.0832. The molecular weight excluding hydrogens is 332 g/mol. The van der Waals surface area contributed by atoms with Gasteiger partial charge >= 0.3 is 0 Å². The molecule has 1 saturated heterocycles. The highest BCUT2D eigenvalue weighted by molar-refractivity contribution is 9.10. The van der Waals surface area contributed by atoms with Crippen molar-refractivity contribution in [3.63, 3.8) is 0 Å². The maximum atomic E-state index is 12.4. The number of sulfonamides is 1. The van der Waals surface area contributed by atoms with E-state index in [0.717, 1.165) is 0 Å². The van der Waals surface area contributed by atoms with E-state index in [-0.39, 0.29) is 10.9 Å². The van der Waals surface area contributed by atoms with Crippen LogP contribution in [0.3, 0.4) is 0 Å². The van der Waals surface area contributed by atoms with E-state index in [9.17, 15) is 8.42 Å². The van der Waals surface area contributed by atoms with Gasteiger partial charge in [-0.2, -0.15) is 0 Å². The lowest BCUT2D eigenvalue weighted by atomic mass is 10.1. The molecule has 0 aromatic heterocycles. The highest BCUT2D eigenvalue weighted by Gasteiger charge is 2.24. The molecule has 1 aromatic rings. The zero-order valence-electron chi connectivity index (χ0n) is 10.6. The van der Waals surface area contributed by atoms with Crippen molar-refractivity contribution in [3.8, 4) is 0 Å². The summed E-state index contributed by atoms with van der Waals surface area (Å²) in [7, 11) is -3.55. The monoisotopic (exact) mass is 348 g/mol. The number of anilines is 1. The summed E-state index contributed by atoms with van der Waals surface area (Å²) in [6, 6.07) is 3.20. The Kier molecular flexibility index (Phi) is 4.50. The molecule has 1 aromatic carbocycles. The Balaban J connectivity index is 2.28. The van der Waals surface area contributed by atoms with Gasteiger partial charge in [-0.15, -0.1) is 0 Å². The Morgan fingerprint density at radius 1 is 1.37 bits per heavy atom. The first-order chi connectivity index (χ1) is 8.90. The van der Waals surface area contributed by atoms with Crippen LogP contribution in [0.15, 0.2) is 21.5 Å². The minimum Gasteiger partial charge on any atom is -0.398 e. The van der Waals surface area contributed by atoms with E-state index >= 15 is 0 Å². The van der Waals surface area contributed by atoms with Crippen LogP contribution in [0.25, 0.3) is 0 Å². The van der Waals surface area contributed by atoms with E-state index in [1.807, 2.05) is 0 Å². The zero-order valence-corrected chi connectivity index (χ0v) is 13.1. The van der Waals surface area contributed by atoms with Gasteiger partial charge in [0.05, 0.1) is 4.90 Å². The van der Waals surface area contributed by atoms with Crippen LogP contribution in [0.1, 0.15) is 18.4 Å². The maximum Gasteiger partial charge on any atom is 0.241 e. The van der Waals surface area contributed by atoms with Crippen molar-refractivity contribution in [2.45, 2.75) is 30.7 Å². The highest BCUT2D eigenvalue weighted by atomic mass is 79.9. The second kappa shape index (κ2) is 5.78. The van der Waals surface area contributed by atoms with Gasteiger partial charge in [0.25, 0.3) is 0 Å². The fraction of sp³-hybridized carbons (Fsp3) is 0.500. The molecule has 0 bridgehead atoms. The van der Waals surface area contributed by atoms with Crippen molar-refractivity contribution >= 4 is 31.6 Å².